The third-order valence-corrected chi connectivity index (χ3v) is 5.25. The van der Waals surface area contributed by atoms with E-state index in [1.807, 2.05) is 24.3 Å². The molecule has 2 amide bonds. The van der Waals surface area contributed by atoms with E-state index in [4.69, 9.17) is 13.9 Å². The van der Waals surface area contributed by atoms with Gasteiger partial charge >= 0.3 is 6.03 Å². The third kappa shape index (κ3) is 4.68. The van der Waals surface area contributed by atoms with Crippen molar-refractivity contribution in [2.45, 2.75) is 0 Å². The number of urea groups is 1. The number of nitrogens with zero attached hydrogens (tertiary/aromatic N) is 1. The molecule has 0 radical (unpaired) electrons. The summed E-state index contributed by atoms with van der Waals surface area (Å²) >= 11 is 0.670. The number of hydrogen-bond donors (Lipinski definition) is 2. The number of carbonyl (C=O) groups is 2. The van der Waals surface area contributed by atoms with Crippen molar-refractivity contribution in [1.29, 1.82) is 0 Å². The van der Waals surface area contributed by atoms with Crippen LogP contribution < -0.4 is 19.5 Å². The van der Waals surface area contributed by atoms with Crippen molar-refractivity contribution < 1.29 is 23.5 Å². The quantitative estimate of drug-likeness (QED) is 0.408. The van der Waals surface area contributed by atoms with Crippen LogP contribution in [0.5, 0.6) is 11.5 Å². The first kappa shape index (κ1) is 21.3. The predicted octanol–water partition coefficient (Wildman–Crippen LogP) is 5.12. The fraction of sp³-hybridized carbons (Fsp3) is 0.0870. The second-order valence-electron chi connectivity index (χ2n) is 6.58. The fourth-order valence-electron chi connectivity index (χ4n) is 2.96. The Morgan fingerprint density at radius 1 is 0.938 bits per heavy atom. The molecule has 0 atom stereocenters. The maximum absolute atomic E-state index is 12.4. The van der Waals surface area contributed by atoms with Crippen LogP contribution >= 0.6 is 11.9 Å². The standard InChI is InChI=1S/C23H19N3O5S/c1-29-19-12-9-15(13-20(19)30-2)22(27)32-26-23(28)24-16-10-7-14(8-11-16)21-25-17-5-3-4-6-18(17)31-21/h3-13H,1-2H3,(H2,24,26,28). The summed E-state index contributed by atoms with van der Waals surface area (Å²) in [6, 6.07) is 18.8. The lowest BCUT2D eigenvalue weighted by Gasteiger charge is -2.09. The number of benzene rings is 3. The number of fused-ring (bicyclic) bond motifs is 1. The maximum atomic E-state index is 12.4. The summed E-state index contributed by atoms with van der Waals surface area (Å²) in [5.41, 5.74) is 3.20. The molecular formula is C23H19N3O5S. The van der Waals surface area contributed by atoms with Gasteiger partial charge in [0.25, 0.3) is 0 Å². The number of para-hydroxylation sites is 2. The Kier molecular flexibility index (Phi) is 6.27. The van der Waals surface area contributed by atoms with Crippen LogP contribution in [-0.4, -0.2) is 30.3 Å². The Morgan fingerprint density at radius 2 is 1.69 bits per heavy atom. The molecule has 1 aromatic heterocycles. The van der Waals surface area contributed by atoms with Crippen molar-refractivity contribution >= 4 is 39.9 Å². The maximum Gasteiger partial charge on any atom is 0.329 e. The second kappa shape index (κ2) is 9.44. The molecule has 0 bridgehead atoms. The molecule has 0 fully saturated rings. The van der Waals surface area contributed by atoms with Gasteiger partial charge in [0.05, 0.1) is 14.2 Å². The van der Waals surface area contributed by atoms with E-state index in [2.05, 4.69) is 15.0 Å². The highest BCUT2D eigenvalue weighted by molar-refractivity contribution is 8.12. The Hall–Kier alpha value is -3.98. The molecule has 9 heteroatoms. The summed E-state index contributed by atoms with van der Waals surface area (Å²) in [4.78, 5) is 29.0. The Bertz CT molecular complexity index is 1240. The minimum atomic E-state index is -0.529. The van der Waals surface area contributed by atoms with Crippen molar-refractivity contribution in [2.24, 2.45) is 0 Å². The van der Waals surface area contributed by atoms with Crippen molar-refractivity contribution in [3.05, 3.63) is 72.3 Å². The molecular weight excluding hydrogens is 430 g/mol. The van der Waals surface area contributed by atoms with Crippen molar-refractivity contribution in [1.82, 2.24) is 9.71 Å². The number of methoxy groups -OCH3 is 2. The average molecular weight is 449 g/mol. The second-order valence-corrected chi connectivity index (χ2v) is 7.36. The Balaban J connectivity index is 1.34. The summed E-state index contributed by atoms with van der Waals surface area (Å²) in [5, 5.41) is 2.34. The van der Waals surface area contributed by atoms with Gasteiger partial charge in [0.1, 0.15) is 5.52 Å². The highest BCUT2D eigenvalue weighted by Gasteiger charge is 2.14. The summed E-state index contributed by atoms with van der Waals surface area (Å²) in [6.45, 7) is 0. The third-order valence-electron chi connectivity index (χ3n) is 4.54. The Morgan fingerprint density at radius 3 is 2.41 bits per heavy atom. The van der Waals surface area contributed by atoms with Crippen LogP contribution in [0.25, 0.3) is 22.6 Å². The van der Waals surface area contributed by atoms with Crippen LogP contribution in [0.3, 0.4) is 0 Å². The summed E-state index contributed by atoms with van der Waals surface area (Å²) < 4.78 is 18.6. The van der Waals surface area contributed by atoms with Crippen LogP contribution in [0.15, 0.2) is 71.1 Å². The molecule has 4 aromatic rings. The summed E-state index contributed by atoms with van der Waals surface area (Å²) in [6.07, 6.45) is 0. The predicted molar refractivity (Wildman–Crippen MR) is 123 cm³/mol. The van der Waals surface area contributed by atoms with Gasteiger partial charge in [0.15, 0.2) is 17.1 Å². The van der Waals surface area contributed by atoms with E-state index in [0.29, 0.717) is 46.2 Å². The SMILES string of the molecule is COc1ccc(C(=O)SNC(=O)Nc2ccc(-c3nc4ccccc4o3)cc2)cc1OC. The van der Waals surface area contributed by atoms with Crippen LogP contribution in [0.1, 0.15) is 10.4 Å². The van der Waals surface area contributed by atoms with Gasteiger partial charge in [-0.3, -0.25) is 9.52 Å². The first-order chi connectivity index (χ1) is 15.6. The molecule has 32 heavy (non-hydrogen) atoms. The highest BCUT2D eigenvalue weighted by atomic mass is 32.2. The number of oxazole rings is 1. The van der Waals surface area contributed by atoms with Crippen LogP contribution in [-0.2, 0) is 0 Å². The highest BCUT2D eigenvalue weighted by Crippen LogP contribution is 2.29. The van der Waals surface area contributed by atoms with Crippen molar-refractivity contribution in [3.63, 3.8) is 0 Å². The normalized spacial score (nSPS) is 10.6. The molecule has 0 saturated heterocycles. The van der Waals surface area contributed by atoms with E-state index in [1.54, 1.807) is 42.5 Å². The molecule has 2 N–H and O–H groups in total. The zero-order valence-corrected chi connectivity index (χ0v) is 18.1. The van der Waals surface area contributed by atoms with Crippen molar-refractivity contribution in [2.75, 3.05) is 19.5 Å². The average Bonchev–Trinajstić information content (AvgIpc) is 3.27. The van der Waals surface area contributed by atoms with E-state index in [-0.39, 0.29) is 5.12 Å². The van der Waals surface area contributed by atoms with Crippen LogP contribution in [0.4, 0.5) is 10.5 Å². The molecule has 0 aliphatic heterocycles. The molecule has 162 valence electrons. The number of aromatic nitrogens is 1. The van der Waals surface area contributed by atoms with Gasteiger partial charge in [-0.05, 0) is 54.6 Å². The number of nitrogens with one attached hydrogen (secondary N) is 2. The van der Waals surface area contributed by atoms with Gasteiger partial charge in [0.2, 0.25) is 11.0 Å². The largest absolute Gasteiger partial charge is 0.493 e. The molecule has 1 heterocycles. The number of anilines is 1. The smallest absolute Gasteiger partial charge is 0.329 e. The fourth-order valence-corrected chi connectivity index (χ4v) is 3.44. The molecule has 0 saturated carbocycles. The van der Waals surface area contributed by atoms with E-state index in [9.17, 15) is 9.59 Å². The minimum absolute atomic E-state index is 0.340. The number of carbonyl (C=O) groups excluding carboxylic acids is 2. The van der Waals surface area contributed by atoms with Gasteiger partial charge < -0.3 is 19.2 Å². The zero-order valence-electron chi connectivity index (χ0n) is 17.2. The van der Waals surface area contributed by atoms with E-state index in [1.165, 1.54) is 14.2 Å². The van der Waals surface area contributed by atoms with E-state index in [0.717, 1.165) is 11.1 Å². The van der Waals surface area contributed by atoms with E-state index >= 15 is 0 Å². The molecule has 0 spiro atoms. The number of ether oxygens (including phenoxy) is 2. The van der Waals surface area contributed by atoms with Gasteiger partial charge in [-0.25, -0.2) is 9.78 Å². The number of hydrogen-bond acceptors (Lipinski definition) is 7. The minimum Gasteiger partial charge on any atom is -0.493 e. The first-order valence-corrected chi connectivity index (χ1v) is 10.3. The van der Waals surface area contributed by atoms with Gasteiger partial charge in [-0.2, -0.15) is 0 Å². The number of rotatable bonds is 5. The lowest BCUT2D eigenvalue weighted by Crippen LogP contribution is -2.24. The monoisotopic (exact) mass is 449 g/mol. The molecule has 0 aliphatic carbocycles. The number of amides is 2. The Labute approximate surface area is 188 Å². The van der Waals surface area contributed by atoms with E-state index < -0.39 is 6.03 Å². The summed E-state index contributed by atoms with van der Waals surface area (Å²) in [5.74, 6) is 1.45. The van der Waals surface area contributed by atoms with Gasteiger partial charge in [0, 0.05) is 28.8 Å². The van der Waals surface area contributed by atoms with Gasteiger partial charge in [-0.1, -0.05) is 12.1 Å². The molecule has 4 rings (SSSR count). The lowest BCUT2D eigenvalue weighted by molar-refractivity contribution is 0.108. The molecule has 3 aromatic carbocycles. The van der Waals surface area contributed by atoms with Crippen molar-refractivity contribution in [3.8, 4) is 23.0 Å². The van der Waals surface area contributed by atoms with Crippen LogP contribution in [0.2, 0.25) is 0 Å². The first-order valence-electron chi connectivity index (χ1n) is 9.53. The molecule has 0 unspecified atom stereocenters. The van der Waals surface area contributed by atoms with Gasteiger partial charge in [-0.15, -0.1) is 0 Å². The summed E-state index contributed by atoms with van der Waals surface area (Å²) in [7, 11) is 3.00. The lowest BCUT2D eigenvalue weighted by atomic mass is 10.2. The zero-order chi connectivity index (χ0) is 22.5. The molecule has 0 aliphatic rings. The molecule has 8 nitrogen and oxygen atoms in total. The topological polar surface area (TPSA) is 103 Å². The van der Waals surface area contributed by atoms with Crippen LogP contribution in [0, 0.1) is 0 Å².